The molecule has 3 nitrogen and oxygen atoms in total. The molecular weight excluding hydrogens is 250 g/mol. The minimum atomic E-state index is 0.0291. The molecule has 1 unspecified atom stereocenters. The minimum absolute atomic E-state index is 0.0291. The zero-order chi connectivity index (χ0) is 14.1. The molecule has 1 aliphatic rings. The second-order valence-corrected chi connectivity index (χ2v) is 5.24. The van der Waals surface area contributed by atoms with Crippen molar-refractivity contribution in [2.24, 2.45) is 5.92 Å². The molecule has 3 heteroatoms. The van der Waals surface area contributed by atoms with Crippen LogP contribution < -0.4 is 0 Å². The lowest BCUT2D eigenvalue weighted by Crippen LogP contribution is -2.16. The molecule has 0 N–H and O–H groups in total. The monoisotopic (exact) mass is 267 g/mol. The van der Waals surface area contributed by atoms with E-state index in [-0.39, 0.29) is 17.5 Å². The van der Waals surface area contributed by atoms with Gasteiger partial charge in [-0.15, -0.1) is 0 Å². The Morgan fingerprint density at radius 2 is 1.90 bits per heavy atom. The number of hydrogen-bond acceptors (Lipinski definition) is 2. The Balaban J connectivity index is 1.89. The van der Waals surface area contributed by atoms with Gasteiger partial charge in [0.2, 0.25) is 5.78 Å². The summed E-state index contributed by atoms with van der Waals surface area (Å²) in [4.78, 5) is 24.3. The topological polar surface area (TPSA) is 39.1 Å². The van der Waals surface area contributed by atoms with E-state index in [1.54, 1.807) is 0 Å². The van der Waals surface area contributed by atoms with Crippen LogP contribution in [0.3, 0.4) is 0 Å². The van der Waals surface area contributed by atoms with E-state index in [9.17, 15) is 9.59 Å². The molecule has 0 fully saturated rings. The molecule has 1 aromatic carbocycles. The Morgan fingerprint density at radius 1 is 1.15 bits per heavy atom. The highest BCUT2D eigenvalue weighted by atomic mass is 16.1. The van der Waals surface area contributed by atoms with Crippen LogP contribution in [-0.4, -0.2) is 16.1 Å². The maximum absolute atomic E-state index is 12.5. The third kappa shape index (κ3) is 2.09. The molecule has 2 aromatic rings. The standard InChI is InChI=1S/C17H17NO2/c1-2-16(19)13-10-14-8-9-15(18(14)11-13)17(20)12-6-4-3-5-7-12/h3-9,13H,2,10-11H2,1H3. The van der Waals surface area contributed by atoms with E-state index in [2.05, 4.69) is 0 Å². The van der Waals surface area contributed by atoms with Crippen molar-refractivity contribution in [1.29, 1.82) is 0 Å². The lowest BCUT2D eigenvalue weighted by atomic mass is 9.99. The molecule has 1 aliphatic heterocycles. The summed E-state index contributed by atoms with van der Waals surface area (Å²) in [5.41, 5.74) is 2.48. The van der Waals surface area contributed by atoms with Crippen molar-refractivity contribution in [3.63, 3.8) is 0 Å². The van der Waals surface area contributed by atoms with Gasteiger partial charge in [0.25, 0.3) is 0 Å². The first-order chi connectivity index (χ1) is 9.70. The number of Topliss-reactive ketones (excluding diaryl/α,β-unsaturated/α-hetero) is 1. The second kappa shape index (κ2) is 5.08. The van der Waals surface area contributed by atoms with Crippen LogP contribution in [0.15, 0.2) is 42.5 Å². The van der Waals surface area contributed by atoms with Gasteiger partial charge in [-0.05, 0) is 18.6 Å². The quantitative estimate of drug-likeness (QED) is 0.799. The van der Waals surface area contributed by atoms with E-state index in [0.29, 0.717) is 24.2 Å². The van der Waals surface area contributed by atoms with Gasteiger partial charge in [-0.1, -0.05) is 37.3 Å². The van der Waals surface area contributed by atoms with Crippen molar-refractivity contribution in [1.82, 2.24) is 4.57 Å². The average Bonchev–Trinajstić information content (AvgIpc) is 3.06. The summed E-state index contributed by atoms with van der Waals surface area (Å²) in [6.45, 7) is 2.54. The van der Waals surface area contributed by atoms with Gasteiger partial charge in [-0.3, -0.25) is 9.59 Å². The molecular formula is C17H17NO2. The van der Waals surface area contributed by atoms with Crippen molar-refractivity contribution in [3.8, 4) is 0 Å². The number of benzene rings is 1. The van der Waals surface area contributed by atoms with Gasteiger partial charge in [0.1, 0.15) is 5.78 Å². The van der Waals surface area contributed by atoms with Crippen LogP contribution in [0, 0.1) is 5.92 Å². The molecule has 0 radical (unpaired) electrons. The van der Waals surface area contributed by atoms with Crippen LogP contribution in [0.4, 0.5) is 0 Å². The maximum Gasteiger partial charge on any atom is 0.209 e. The number of carbonyl (C=O) groups excluding carboxylic acids is 2. The molecule has 0 bridgehead atoms. The molecule has 2 heterocycles. The van der Waals surface area contributed by atoms with Gasteiger partial charge in [0, 0.05) is 30.1 Å². The maximum atomic E-state index is 12.5. The highest BCUT2D eigenvalue weighted by Crippen LogP contribution is 2.26. The van der Waals surface area contributed by atoms with Crippen LogP contribution in [0.2, 0.25) is 0 Å². The van der Waals surface area contributed by atoms with Gasteiger partial charge in [-0.2, -0.15) is 0 Å². The summed E-state index contributed by atoms with van der Waals surface area (Å²) < 4.78 is 2.01. The summed E-state index contributed by atoms with van der Waals surface area (Å²) in [7, 11) is 0. The summed E-state index contributed by atoms with van der Waals surface area (Å²) >= 11 is 0. The Labute approximate surface area is 118 Å². The van der Waals surface area contributed by atoms with Gasteiger partial charge in [0.05, 0.1) is 5.69 Å². The largest absolute Gasteiger partial charge is 0.341 e. The molecule has 1 aromatic heterocycles. The first kappa shape index (κ1) is 12.9. The summed E-state index contributed by atoms with van der Waals surface area (Å²) in [6, 6.07) is 13.1. The van der Waals surface area contributed by atoms with Crippen LogP contribution in [0.25, 0.3) is 0 Å². The molecule has 3 rings (SSSR count). The van der Waals surface area contributed by atoms with Crippen molar-refractivity contribution < 1.29 is 9.59 Å². The Morgan fingerprint density at radius 3 is 2.60 bits per heavy atom. The number of carbonyl (C=O) groups is 2. The molecule has 20 heavy (non-hydrogen) atoms. The number of fused-ring (bicyclic) bond motifs is 1. The van der Waals surface area contributed by atoms with E-state index < -0.39 is 0 Å². The van der Waals surface area contributed by atoms with Crippen LogP contribution in [-0.2, 0) is 17.8 Å². The van der Waals surface area contributed by atoms with E-state index in [1.165, 1.54) is 0 Å². The van der Waals surface area contributed by atoms with E-state index in [1.807, 2.05) is 54.0 Å². The molecule has 0 spiro atoms. The summed E-state index contributed by atoms with van der Waals surface area (Å²) in [5, 5.41) is 0. The van der Waals surface area contributed by atoms with Gasteiger partial charge in [-0.25, -0.2) is 0 Å². The molecule has 1 atom stereocenters. The summed E-state index contributed by atoms with van der Waals surface area (Å²) in [5.74, 6) is 0.354. The van der Waals surface area contributed by atoms with E-state index >= 15 is 0 Å². The SMILES string of the molecule is CCC(=O)C1Cc2ccc(C(=O)c3ccccc3)n2C1. The third-order valence-corrected chi connectivity index (χ3v) is 4.00. The number of nitrogens with zero attached hydrogens (tertiary/aromatic N) is 1. The first-order valence-corrected chi connectivity index (χ1v) is 7.01. The smallest absolute Gasteiger partial charge is 0.209 e. The number of ketones is 2. The highest BCUT2D eigenvalue weighted by Gasteiger charge is 2.29. The van der Waals surface area contributed by atoms with Crippen molar-refractivity contribution >= 4 is 11.6 Å². The van der Waals surface area contributed by atoms with Gasteiger partial charge >= 0.3 is 0 Å². The molecule has 0 amide bonds. The molecule has 0 saturated carbocycles. The fourth-order valence-electron chi connectivity index (χ4n) is 2.88. The molecule has 102 valence electrons. The first-order valence-electron chi connectivity index (χ1n) is 7.01. The zero-order valence-corrected chi connectivity index (χ0v) is 11.5. The Kier molecular flexibility index (Phi) is 3.26. The number of rotatable bonds is 4. The lowest BCUT2D eigenvalue weighted by molar-refractivity contribution is -0.122. The molecule has 0 aliphatic carbocycles. The van der Waals surface area contributed by atoms with E-state index in [0.717, 1.165) is 12.1 Å². The minimum Gasteiger partial charge on any atom is -0.341 e. The van der Waals surface area contributed by atoms with Gasteiger partial charge in [0.15, 0.2) is 0 Å². The number of aromatic nitrogens is 1. The Hall–Kier alpha value is -2.16. The second-order valence-electron chi connectivity index (χ2n) is 5.24. The van der Waals surface area contributed by atoms with Crippen molar-refractivity contribution in [2.45, 2.75) is 26.3 Å². The van der Waals surface area contributed by atoms with Crippen molar-refractivity contribution in [3.05, 3.63) is 59.4 Å². The normalized spacial score (nSPS) is 16.9. The fourth-order valence-corrected chi connectivity index (χ4v) is 2.88. The summed E-state index contributed by atoms with van der Waals surface area (Å²) in [6.07, 6.45) is 1.33. The predicted octanol–water partition coefficient (Wildman–Crippen LogP) is 2.87. The third-order valence-electron chi connectivity index (χ3n) is 4.00. The number of hydrogen-bond donors (Lipinski definition) is 0. The fraction of sp³-hybridized carbons (Fsp3) is 0.294. The van der Waals surface area contributed by atoms with Crippen LogP contribution >= 0.6 is 0 Å². The predicted molar refractivity (Wildman–Crippen MR) is 76.8 cm³/mol. The van der Waals surface area contributed by atoms with Gasteiger partial charge < -0.3 is 4.57 Å². The van der Waals surface area contributed by atoms with Crippen LogP contribution in [0.5, 0.6) is 0 Å². The lowest BCUT2D eigenvalue weighted by Gasteiger charge is -2.08. The van der Waals surface area contributed by atoms with Crippen molar-refractivity contribution in [2.75, 3.05) is 0 Å². The average molecular weight is 267 g/mol. The highest BCUT2D eigenvalue weighted by molar-refractivity contribution is 6.08. The Bertz CT molecular complexity index is 655. The van der Waals surface area contributed by atoms with E-state index in [4.69, 9.17) is 0 Å². The molecule has 0 saturated heterocycles. The zero-order valence-electron chi connectivity index (χ0n) is 11.5. The van der Waals surface area contributed by atoms with Crippen LogP contribution in [0.1, 0.15) is 35.1 Å².